The van der Waals surface area contributed by atoms with Gasteiger partial charge in [-0.1, -0.05) is 17.7 Å². The number of fused-ring (bicyclic) bond motifs is 1. The molecule has 0 fully saturated rings. The Morgan fingerprint density at radius 3 is 3.08 bits per heavy atom. The van der Waals surface area contributed by atoms with E-state index in [1.807, 2.05) is 13.1 Å². The predicted molar refractivity (Wildman–Crippen MR) is 51.6 cm³/mol. The van der Waals surface area contributed by atoms with Crippen molar-refractivity contribution < 1.29 is 0 Å². The average Bonchev–Trinajstić information content (AvgIpc) is 2.46. The maximum Gasteiger partial charge on any atom is 0.0408 e. The Bertz CT molecular complexity index is 296. The molecule has 2 heteroatoms. The van der Waals surface area contributed by atoms with Crippen LogP contribution in [0.5, 0.6) is 0 Å². The zero-order valence-electron chi connectivity index (χ0n) is 7.10. The predicted octanol–water partition coefficient (Wildman–Crippen LogP) is 2.55. The molecule has 0 bridgehead atoms. The van der Waals surface area contributed by atoms with Crippen LogP contribution in [0, 0.1) is 0 Å². The van der Waals surface area contributed by atoms with Gasteiger partial charge in [0.25, 0.3) is 0 Å². The van der Waals surface area contributed by atoms with E-state index in [-0.39, 0.29) is 0 Å². The molecule has 0 unspecified atom stereocenters. The fraction of sp³-hybridized carbons (Fsp3) is 0.400. The van der Waals surface area contributed by atoms with E-state index in [0.29, 0.717) is 6.04 Å². The monoisotopic (exact) mass is 181 g/mol. The van der Waals surface area contributed by atoms with Gasteiger partial charge in [-0.2, -0.15) is 0 Å². The number of hydrogen-bond acceptors (Lipinski definition) is 1. The highest BCUT2D eigenvalue weighted by Crippen LogP contribution is 2.32. The van der Waals surface area contributed by atoms with Crippen LogP contribution in [0.4, 0.5) is 0 Å². The van der Waals surface area contributed by atoms with Gasteiger partial charge in [-0.05, 0) is 43.1 Å². The minimum Gasteiger partial charge on any atom is -0.313 e. The van der Waals surface area contributed by atoms with E-state index in [9.17, 15) is 0 Å². The Morgan fingerprint density at radius 1 is 1.50 bits per heavy atom. The molecule has 1 aliphatic carbocycles. The summed E-state index contributed by atoms with van der Waals surface area (Å²) in [5.41, 5.74) is 2.82. The van der Waals surface area contributed by atoms with Crippen molar-refractivity contribution in [1.29, 1.82) is 0 Å². The lowest BCUT2D eigenvalue weighted by molar-refractivity contribution is 0.590. The molecule has 0 saturated carbocycles. The first-order valence-electron chi connectivity index (χ1n) is 4.27. The Morgan fingerprint density at radius 2 is 2.33 bits per heavy atom. The first kappa shape index (κ1) is 8.09. The van der Waals surface area contributed by atoms with Gasteiger partial charge in [0.15, 0.2) is 0 Å². The van der Waals surface area contributed by atoms with Crippen molar-refractivity contribution in [2.75, 3.05) is 7.05 Å². The quantitative estimate of drug-likeness (QED) is 0.702. The molecule has 12 heavy (non-hydrogen) atoms. The molecule has 0 spiro atoms. The molecule has 1 N–H and O–H groups in total. The summed E-state index contributed by atoms with van der Waals surface area (Å²) in [6.07, 6.45) is 2.35. The molecule has 0 aliphatic heterocycles. The molecular formula is C10H12ClN. The Hall–Kier alpha value is -0.530. The highest BCUT2D eigenvalue weighted by molar-refractivity contribution is 6.30. The van der Waals surface area contributed by atoms with Gasteiger partial charge >= 0.3 is 0 Å². The van der Waals surface area contributed by atoms with Crippen molar-refractivity contribution in [2.45, 2.75) is 18.9 Å². The van der Waals surface area contributed by atoms with Gasteiger partial charge in [0, 0.05) is 11.1 Å². The van der Waals surface area contributed by atoms with Crippen molar-refractivity contribution in [3.8, 4) is 0 Å². The molecule has 2 rings (SSSR count). The molecule has 0 aromatic heterocycles. The van der Waals surface area contributed by atoms with E-state index in [2.05, 4.69) is 17.4 Å². The molecular weight excluding hydrogens is 170 g/mol. The Kier molecular flexibility index (Phi) is 2.07. The second-order valence-electron chi connectivity index (χ2n) is 3.22. The molecule has 1 aromatic carbocycles. The second kappa shape index (κ2) is 3.08. The van der Waals surface area contributed by atoms with Crippen LogP contribution in [0.1, 0.15) is 23.6 Å². The van der Waals surface area contributed by atoms with Crippen molar-refractivity contribution in [2.24, 2.45) is 0 Å². The van der Waals surface area contributed by atoms with E-state index in [1.165, 1.54) is 17.5 Å². The van der Waals surface area contributed by atoms with Crippen LogP contribution in [0.15, 0.2) is 18.2 Å². The maximum absolute atomic E-state index is 5.89. The summed E-state index contributed by atoms with van der Waals surface area (Å²) < 4.78 is 0. The summed E-state index contributed by atoms with van der Waals surface area (Å²) in [6, 6.07) is 6.72. The fourth-order valence-corrected chi connectivity index (χ4v) is 2.08. The third-order valence-corrected chi connectivity index (χ3v) is 2.77. The number of hydrogen-bond donors (Lipinski definition) is 1. The number of halogens is 1. The number of rotatable bonds is 1. The third-order valence-electron chi connectivity index (χ3n) is 2.53. The summed E-state index contributed by atoms with van der Waals surface area (Å²) in [5.74, 6) is 0. The molecule has 1 aromatic rings. The first-order chi connectivity index (χ1) is 5.81. The summed E-state index contributed by atoms with van der Waals surface area (Å²) in [5, 5.41) is 4.15. The summed E-state index contributed by atoms with van der Waals surface area (Å²) in [7, 11) is 2.01. The standard InChI is InChI=1S/C10H12ClN/c1-12-10-5-2-7-6-8(11)3-4-9(7)10/h3-4,6,10,12H,2,5H2,1H3/t10-/m0/s1. The van der Waals surface area contributed by atoms with Crippen LogP contribution in [-0.2, 0) is 6.42 Å². The van der Waals surface area contributed by atoms with Gasteiger partial charge in [-0.3, -0.25) is 0 Å². The molecule has 0 heterocycles. The third kappa shape index (κ3) is 1.23. The van der Waals surface area contributed by atoms with Crippen molar-refractivity contribution in [1.82, 2.24) is 5.32 Å². The molecule has 1 nitrogen and oxygen atoms in total. The second-order valence-corrected chi connectivity index (χ2v) is 3.66. The zero-order chi connectivity index (χ0) is 8.55. The van der Waals surface area contributed by atoms with E-state index >= 15 is 0 Å². The Balaban J connectivity index is 2.40. The Labute approximate surface area is 77.7 Å². The van der Waals surface area contributed by atoms with Gasteiger partial charge in [-0.25, -0.2) is 0 Å². The van der Waals surface area contributed by atoms with Crippen LogP contribution in [0.2, 0.25) is 5.02 Å². The lowest BCUT2D eigenvalue weighted by atomic mass is 10.1. The SMILES string of the molecule is CN[C@H]1CCc2cc(Cl)ccc21. The minimum atomic E-state index is 0.539. The molecule has 0 amide bonds. The lowest BCUT2D eigenvalue weighted by Crippen LogP contribution is -2.12. The number of benzene rings is 1. The molecule has 1 atom stereocenters. The number of aryl methyl sites for hydroxylation is 1. The van der Waals surface area contributed by atoms with E-state index < -0.39 is 0 Å². The summed E-state index contributed by atoms with van der Waals surface area (Å²) in [6.45, 7) is 0. The van der Waals surface area contributed by atoms with E-state index in [4.69, 9.17) is 11.6 Å². The molecule has 0 saturated heterocycles. The van der Waals surface area contributed by atoms with E-state index in [0.717, 1.165) is 11.4 Å². The van der Waals surface area contributed by atoms with Gasteiger partial charge in [0.2, 0.25) is 0 Å². The van der Waals surface area contributed by atoms with Gasteiger partial charge < -0.3 is 5.32 Å². The average molecular weight is 182 g/mol. The highest BCUT2D eigenvalue weighted by atomic mass is 35.5. The topological polar surface area (TPSA) is 12.0 Å². The van der Waals surface area contributed by atoms with Crippen LogP contribution in [0.3, 0.4) is 0 Å². The van der Waals surface area contributed by atoms with Crippen LogP contribution < -0.4 is 5.32 Å². The van der Waals surface area contributed by atoms with Crippen molar-refractivity contribution >= 4 is 11.6 Å². The van der Waals surface area contributed by atoms with Crippen LogP contribution >= 0.6 is 11.6 Å². The van der Waals surface area contributed by atoms with E-state index in [1.54, 1.807) is 0 Å². The molecule has 0 radical (unpaired) electrons. The first-order valence-corrected chi connectivity index (χ1v) is 4.64. The summed E-state index contributed by atoms with van der Waals surface area (Å²) in [4.78, 5) is 0. The van der Waals surface area contributed by atoms with Gasteiger partial charge in [0.05, 0.1) is 0 Å². The van der Waals surface area contributed by atoms with Crippen LogP contribution in [0.25, 0.3) is 0 Å². The fourth-order valence-electron chi connectivity index (χ4n) is 1.89. The smallest absolute Gasteiger partial charge is 0.0408 e. The van der Waals surface area contributed by atoms with Crippen molar-refractivity contribution in [3.63, 3.8) is 0 Å². The molecule has 1 aliphatic rings. The van der Waals surface area contributed by atoms with Crippen molar-refractivity contribution in [3.05, 3.63) is 34.3 Å². The largest absolute Gasteiger partial charge is 0.313 e. The zero-order valence-corrected chi connectivity index (χ0v) is 7.86. The van der Waals surface area contributed by atoms with Gasteiger partial charge in [0.1, 0.15) is 0 Å². The van der Waals surface area contributed by atoms with Gasteiger partial charge in [-0.15, -0.1) is 0 Å². The minimum absolute atomic E-state index is 0.539. The number of nitrogens with one attached hydrogen (secondary N) is 1. The highest BCUT2D eigenvalue weighted by Gasteiger charge is 2.20. The molecule has 64 valence electrons. The summed E-state index contributed by atoms with van der Waals surface area (Å²) >= 11 is 5.89. The maximum atomic E-state index is 5.89. The normalized spacial score (nSPS) is 21.0. The lowest BCUT2D eigenvalue weighted by Gasteiger charge is -2.09. The van der Waals surface area contributed by atoms with Crippen LogP contribution in [-0.4, -0.2) is 7.05 Å².